The maximum atomic E-state index is 11.7. The molecule has 21 heavy (non-hydrogen) atoms. The molecule has 1 saturated heterocycles. The lowest BCUT2D eigenvalue weighted by molar-refractivity contribution is -0.148. The number of likely N-dealkylation sites (tertiary alicyclic amines) is 1. The molecule has 1 saturated carbocycles. The molecule has 0 spiro atoms. The fraction of sp³-hybridized carbons (Fsp3) is 0.944. The lowest BCUT2D eigenvalue weighted by Crippen LogP contribution is -2.41. The Morgan fingerprint density at radius 3 is 2.33 bits per heavy atom. The summed E-state index contributed by atoms with van der Waals surface area (Å²) in [6.07, 6.45) is 7.76. The minimum absolute atomic E-state index is 0.420. The molecule has 2 rings (SSSR count). The van der Waals surface area contributed by atoms with Gasteiger partial charge in [-0.05, 0) is 56.4 Å². The number of nitrogens with zero attached hydrogens (tertiary/aromatic N) is 1. The standard InChI is InChI=1S/C18H33NO2/c1-5-10-18(16(20)21)11-12-19(13-18)15-8-6-14(7-9-15)17(2,3)4/h14-15H,5-13H2,1-4H3,(H,20,21). The predicted molar refractivity (Wildman–Crippen MR) is 86.4 cm³/mol. The minimum atomic E-state index is -0.574. The van der Waals surface area contributed by atoms with E-state index in [1.165, 1.54) is 25.7 Å². The van der Waals surface area contributed by atoms with E-state index in [1.807, 2.05) is 0 Å². The molecule has 3 nitrogen and oxygen atoms in total. The molecule has 1 atom stereocenters. The van der Waals surface area contributed by atoms with Crippen molar-refractivity contribution in [3.63, 3.8) is 0 Å². The SMILES string of the molecule is CCCC1(C(=O)O)CCN(C2CCC(C(C)(C)C)CC2)C1. The zero-order valence-electron chi connectivity index (χ0n) is 14.3. The van der Waals surface area contributed by atoms with Crippen molar-refractivity contribution in [3.05, 3.63) is 0 Å². The molecule has 122 valence electrons. The zero-order chi connectivity index (χ0) is 15.7. The van der Waals surface area contributed by atoms with Crippen molar-refractivity contribution < 1.29 is 9.90 Å². The van der Waals surface area contributed by atoms with Crippen molar-refractivity contribution in [2.75, 3.05) is 13.1 Å². The molecule has 0 radical (unpaired) electrons. The third kappa shape index (κ3) is 3.61. The van der Waals surface area contributed by atoms with E-state index in [9.17, 15) is 9.90 Å². The normalized spacial score (nSPS) is 35.0. The topological polar surface area (TPSA) is 40.5 Å². The third-order valence-electron chi connectivity index (χ3n) is 6.00. The van der Waals surface area contributed by atoms with Crippen LogP contribution in [0.25, 0.3) is 0 Å². The highest BCUT2D eigenvalue weighted by Crippen LogP contribution is 2.42. The summed E-state index contributed by atoms with van der Waals surface area (Å²) in [7, 11) is 0. The summed E-state index contributed by atoms with van der Waals surface area (Å²) in [6, 6.07) is 0.627. The number of aliphatic carboxylic acids is 1. The van der Waals surface area contributed by atoms with E-state index in [4.69, 9.17) is 0 Å². The van der Waals surface area contributed by atoms with Gasteiger partial charge in [-0.15, -0.1) is 0 Å². The Bertz CT molecular complexity index is 366. The second-order valence-corrected chi connectivity index (χ2v) is 8.43. The van der Waals surface area contributed by atoms with Gasteiger partial charge >= 0.3 is 5.97 Å². The Labute approximate surface area is 130 Å². The van der Waals surface area contributed by atoms with E-state index >= 15 is 0 Å². The first-order chi connectivity index (χ1) is 9.78. The molecule has 1 aliphatic carbocycles. The van der Waals surface area contributed by atoms with Gasteiger partial charge in [0.1, 0.15) is 0 Å². The molecule has 1 heterocycles. The lowest BCUT2D eigenvalue weighted by Gasteiger charge is -2.40. The maximum absolute atomic E-state index is 11.7. The van der Waals surface area contributed by atoms with Gasteiger partial charge < -0.3 is 5.11 Å². The summed E-state index contributed by atoms with van der Waals surface area (Å²) < 4.78 is 0. The van der Waals surface area contributed by atoms with Crippen LogP contribution < -0.4 is 0 Å². The highest BCUT2D eigenvalue weighted by molar-refractivity contribution is 5.75. The zero-order valence-corrected chi connectivity index (χ0v) is 14.3. The molecule has 1 unspecified atom stereocenters. The highest BCUT2D eigenvalue weighted by Gasteiger charge is 2.46. The van der Waals surface area contributed by atoms with Crippen LogP contribution in [-0.4, -0.2) is 35.1 Å². The first-order valence-corrected chi connectivity index (χ1v) is 8.76. The van der Waals surface area contributed by atoms with Crippen molar-refractivity contribution in [2.45, 2.75) is 78.7 Å². The fourth-order valence-electron chi connectivity index (χ4n) is 4.49. The van der Waals surface area contributed by atoms with Gasteiger partial charge in [0.25, 0.3) is 0 Å². The molecular weight excluding hydrogens is 262 g/mol. The molecule has 1 N–H and O–H groups in total. The smallest absolute Gasteiger partial charge is 0.310 e. The number of carbonyl (C=O) groups is 1. The second-order valence-electron chi connectivity index (χ2n) is 8.43. The van der Waals surface area contributed by atoms with E-state index in [0.717, 1.165) is 38.3 Å². The molecular formula is C18H33NO2. The molecule has 2 fully saturated rings. The van der Waals surface area contributed by atoms with Crippen molar-refractivity contribution in [2.24, 2.45) is 16.7 Å². The van der Waals surface area contributed by atoms with Crippen molar-refractivity contribution in [1.29, 1.82) is 0 Å². The number of carboxylic acid groups (broad SMARTS) is 1. The van der Waals surface area contributed by atoms with Crippen LogP contribution in [0.2, 0.25) is 0 Å². The fourth-order valence-corrected chi connectivity index (χ4v) is 4.49. The van der Waals surface area contributed by atoms with Gasteiger partial charge in [0.15, 0.2) is 0 Å². The van der Waals surface area contributed by atoms with Gasteiger partial charge in [0.2, 0.25) is 0 Å². The van der Waals surface area contributed by atoms with Crippen molar-refractivity contribution >= 4 is 5.97 Å². The van der Waals surface area contributed by atoms with E-state index in [-0.39, 0.29) is 0 Å². The number of rotatable bonds is 4. The van der Waals surface area contributed by atoms with Gasteiger partial charge in [0.05, 0.1) is 5.41 Å². The monoisotopic (exact) mass is 295 g/mol. The number of hydrogen-bond acceptors (Lipinski definition) is 2. The Hall–Kier alpha value is -0.570. The van der Waals surface area contributed by atoms with Crippen LogP contribution in [0, 0.1) is 16.7 Å². The van der Waals surface area contributed by atoms with Crippen LogP contribution in [0.3, 0.4) is 0 Å². The largest absolute Gasteiger partial charge is 0.481 e. The lowest BCUT2D eigenvalue weighted by atomic mass is 9.71. The third-order valence-corrected chi connectivity index (χ3v) is 6.00. The van der Waals surface area contributed by atoms with Crippen molar-refractivity contribution in [1.82, 2.24) is 4.90 Å². The minimum Gasteiger partial charge on any atom is -0.481 e. The number of carboxylic acids is 1. The number of hydrogen-bond donors (Lipinski definition) is 1. The summed E-state index contributed by atoms with van der Waals surface area (Å²) in [4.78, 5) is 14.2. The van der Waals surface area contributed by atoms with Crippen LogP contribution in [0.4, 0.5) is 0 Å². The molecule has 0 aromatic rings. The first kappa shape index (κ1) is 16.8. The summed E-state index contributed by atoms with van der Waals surface area (Å²) in [5.74, 6) is 0.256. The van der Waals surface area contributed by atoms with Gasteiger partial charge in [-0.2, -0.15) is 0 Å². The average molecular weight is 295 g/mol. The van der Waals surface area contributed by atoms with E-state index in [0.29, 0.717) is 11.5 Å². The van der Waals surface area contributed by atoms with Gasteiger partial charge in [0, 0.05) is 12.6 Å². The Balaban J connectivity index is 1.92. The van der Waals surface area contributed by atoms with Crippen LogP contribution in [0.1, 0.15) is 72.6 Å². The van der Waals surface area contributed by atoms with Crippen LogP contribution >= 0.6 is 0 Å². The van der Waals surface area contributed by atoms with Gasteiger partial charge in [-0.25, -0.2) is 0 Å². The molecule has 2 aliphatic rings. The van der Waals surface area contributed by atoms with Gasteiger partial charge in [-0.1, -0.05) is 34.1 Å². The van der Waals surface area contributed by atoms with E-state index in [1.54, 1.807) is 0 Å². The Morgan fingerprint density at radius 2 is 1.86 bits per heavy atom. The average Bonchev–Trinajstić information content (AvgIpc) is 2.84. The molecule has 0 aromatic heterocycles. The molecule has 3 heteroatoms. The van der Waals surface area contributed by atoms with Crippen LogP contribution in [-0.2, 0) is 4.79 Å². The summed E-state index contributed by atoms with van der Waals surface area (Å²) in [5.41, 5.74) is -0.0430. The second kappa shape index (κ2) is 6.28. The Morgan fingerprint density at radius 1 is 1.24 bits per heavy atom. The predicted octanol–water partition coefficient (Wildman–Crippen LogP) is 4.17. The maximum Gasteiger partial charge on any atom is 0.310 e. The Kier molecular flexibility index (Phi) is 5.02. The molecule has 0 bridgehead atoms. The molecule has 1 aliphatic heterocycles. The highest BCUT2D eigenvalue weighted by atomic mass is 16.4. The summed E-state index contributed by atoms with van der Waals surface area (Å²) in [6.45, 7) is 10.9. The first-order valence-electron chi connectivity index (χ1n) is 8.76. The molecule has 0 amide bonds. The van der Waals surface area contributed by atoms with Crippen molar-refractivity contribution in [3.8, 4) is 0 Å². The summed E-state index contributed by atoms with van der Waals surface area (Å²) >= 11 is 0. The van der Waals surface area contributed by atoms with E-state index in [2.05, 4.69) is 32.6 Å². The van der Waals surface area contributed by atoms with Gasteiger partial charge in [-0.3, -0.25) is 9.69 Å². The van der Waals surface area contributed by atoms with Crippen LogP contribution in [0.15, 0.2) is 0 Å². The summed E-state index contributed by atoms with van der Waals surface area (Å²) in [5, 5.41) is 9.63. The quantitative estimate of drug-likeness (QED) is 0.846. The van der Waals surface area contributed by atoms with Crippen LogP contribution in [0.5, 0.6) is 0 Å². The van der Waals surface area contributed by atoms with E-state index < -0.39 is 11.4 Å². The molecule has 0 aromatic carbocycles.